The first-order chi connectivity index (χ1) is 10.1. The Kier molecular flexibility index (Phi) is 5.26. The van der Waals surface area contributed by atoms with E-state index < -0.39 is 0 Å². The van der Waals surface area contributed by atoms with Crippen LogP contribution in [0, 0.1) is 18.3 Å². The second kappa shape index (κ2) is 7.16. The van der Waals surface area contributed by atoms with Crippen molar-refractivity contribution < 1.29 is 4.79 Å². The minimum Gasteiger partial charge on any atom is -0.322 e. The van der Waals surface area contributed by atoms with E-state index in [9.17, 15) is 4.79 Å². The summed E-state index contributed by atoms with van der Waals surface area (Å²) in [5.74, 6) is 0.0941. The minimum absolute atomic E-state index is 0.212. The summed E-state index contributed by atoms with van der Waals surface area (Å²) in [5.41, 5.74) is 2.16. The molecule has 0 saturated heterocycles. The van der Waals surface area contributed by atoms with E-state index in [0.717, 1.165) is 10.5 Å². The van der Waals surface area contributed by atoms with Crippen LogP contribution in [0.25, 0.3) is 0 Å². The Balaban J connectivity index is 2.20. The van der Waals surface area contributed by atoms with Gasteiger partial charge < -0.3 is 5.32 Å². The molecule has 3 nitrogen and oxygen atoms in total. The summed E-state index contributed by atoms with van der Waals surface area (Å²) in [6.07, 6.45) is 0. The van der Waals surface area contributed by atoms with E-state index in [-0.39, 0.29) is 5.91 Å². The molecule has 0 atom stereocenters. The molecule has 0 unspecified atom stereocenters. The van der Waals surface area contributed by atoms with Gasteiger partial charge in [-0.15, -0.1) is 11.8 Å². The lowest BCUT2D eigenvalue weighted by atomic mass is 10.2. The molecule has 0 saturated carbocycles. The number of nitrogens with one attached hydrogen (secondary N) is 1. The highest BCUT2D eigenvalue weighted by molar-refractivity contribution is 7.99. The van der Waals surface area contributed by atoms with E-state index >= 15 is 0 Å². The van der Waals surface area contributed by atoms with E-state index in [1.165, 1.54) is 11.8 Å². The second-order valence-electron chi connectivity index (χ2n) is 4.36. The fraction of sp³-hybridized carbons (Fsp3) is 0.125. The summed E-state index contributed by atoms with van der Waals surface area (Å²) >= 11 is 7.40. The van der Waals surface area contributed by atoms with Gasteiger partial charge in [0.05, 0.1) is 17.4 Å². The lowest BCUT2D eigenvalue weighted by Crippen LogP contribution is -2.13. The summed E-state index contributed by atoms with van der Waals surface area (Å²) in [6.45, 7) is 1.90. The monoisotopic (exact) mass is 316 g/mol. The van der Waals surface area contributed by atoms with E-state index in [0.29, 0.717) is 22.0 Å². The van der Waals surface area contributed by atoms with Gasteiger partial charge in [-0.05, 0) is 36.8 Å². The maximum atomic E-state index is 12.3. The Bertz CT molecular complexity index is 710. The van der Waals surface area contributed by atoms with Crippen LogP contribution in [0.2, 0.25) is 5.02 Å². The van der Waals surface area contributed by atoms with E-state index in [1.54, 1.807) is 18.2 Å². The number of thioether (sulfide) groups is 1. The highest BCUT2D eigenvalue weighted by Gasteiger charge is 2.11. The zero-order valence-corrected chi connectivity index (χ0v) is 13.0. The highest BCUT2D eigenvalue weighted by Crippen LogP contribution is 2.24. The smallest absolute Gasteiger partial charge is 0.256 e. The number of nitrogens with zero attached hydrogens (tertiary/aromatic N) is 1. The molecule has 0 aliphatic carbocycles. The van der Waals surface area contributed by atoms with Crippen LogP contribution in [0.15, 0.2) is 47.4 Å². The number of anilines is 1. The number of carbonyl (C=O) groups excluding carboxylic acids is 1. The molecule has 0 bridgehead atoms. The third-order valence-electron chi connectivity index (χ3n) is 2.85. The molecule has 0 heterocycles. The number of hydrogen-bond acceptors (Lipinski definition) is 3. The van der Waals surface area contributed by atoms with Gasteiger partial charge >= 0.3 is 0 Å². The zero-order chi connectivity index (χ0) is 15.2. The van der Waals surface area contributed by atoms with Gasteiger partial charge in [-0.3, -0.25) is 4.79 Å². The number of aryl methyl sites for hydroxylation is 1. The number of benzene rings is 2. The SMILES string of the molecule is Cc1ccc(NC(=O)c2ccccc2SCC#N)cc1Cl. The van der Waals surface area contributed by atoms with Gasteiger partial charge in [0, 0.05) is 15.6 Å². The summed E-state index contributed by atoms with van der Waals surface area (Å²) in [4.78, 5) is 13.1. The molecule has 2 rings (SSSR count). The van der Waals surface area contributed by atoms with Crippen LogP contribution in [0.5, 0.6) is 0 Å². The number of rotatable bonds is 4. The van der Waals surface area contributed by atoms with Crippen LogP contribution in [0.4, 0.5) is 5.69 Å². The molecule has 0 aliphatic rings. The molecule has 0 aliphatic heterocycles. The predicted octanol–water partition coefficient (Wildman–Crippen LogP) is 4.52. The van der Waals surface area contributed by atoms with Gasteiger partial charge in [-0.1, -0.05) is 29.8 Å². The van der Waals surface area contributed by atoms with Crippen LogP contribution < -0.4 is 5.32 Å². The van der Waals surface area contributed by atoms with Crippen molar-refractivity contribution in [2.75, 3.05) is 11.1 Å². The maximum Gasteiger partial charge on any atom is 0.256 e. The Morgan fingerprint density at radius 1 is 1.33 bits per heavy atom. The number of hydrogen-bond donors (Lipinski definition) is 1. The second-order valence-corrected chi connectivity index (χ2v) is 5.79. The first-order valence-corrected chi connectivity index (χ1v) is 7.64. The van der Waals surface area contributed by atoms with Crippen molar-refractivity contribution >= 4 is 35.0 Å². The first-order valence-electron chi connectivity index (χ1n) is 6.28. The lowest BCUT2D eigenvalue weighted by Gasteiger charge is -2.09. The van der Waals surface area contributed by atoms with Crippen LogP contribution in [-0.4, -0.2) is 11.7 Å². The Morgan fingerprint density at radius 3 is 2.81 bits per heavy atom. The fourth-order valence-corrected chi connectivity index (χ4v) is 2.65. The van der Waals surface area contributed by atoms with Gasteiger partial charge in [0.25, 0.3) is 5.91 Å². The molecule has 5 heteroatoms. The maximum absolute atomic E-state index is 12.3. The molecule has 106 valence electrons. The van der Waals surface area contributed by atoms with Crippen molar-refractivity contribution in [1.29, 1.82) is 5.26 Å². The zero-order valence-electron chi connectivity index (χ0n) is 11.4. The summed E-state index contributed by atoms with van der Waals surface area (Å²) in [7, 11) is 0. The van der Waals surface area contributed by atoms with Crippen LogP contribution in [0.3, 0.4) is 0 Å². The molecule has 2 aromatic rings. The normalized spacial score (nSPS) is 9.95. The third-order valence-corrected chi connectivity index (χ3v) is 4.20. The molecule has 1 N–H and O–H groups in total. The van der Waals surface area contributed by atoms with Crippen molar-refractivity contribution in [2.24, 2.45) is 0 Å². The minimum atomic E-state index is -0.212. The lowest BCUT2D eigenvalue weighted by molar-refractivity contribution is 0.102. The van der Waals surface area contributed by atoms with Gasteiger partial charge in [-0.2, -0.15) is 5.26 Å². The molecule has 21 heavy (non-hydrogen) atoms. The van der Waals surface area contributed by atoms with Gasteiger partial charge in [0.1, 0.15) is 0 Å². The molecular formula is C16H13ClN2OS. The molecule has 0 aromatic heterocycles. The summed E-state index contributed by atoms with van der Waals surface area (Å²) in [5, 5.41) is 12.1. The molecule has 0 radical (unpaired) electrons. The van der Waals surface area contributed by atoms with E-state index in [2.05, 4.69) is 11.4 Å². The predicted molar refractivity (Wildman–Crippen MR) is 86.9 cm³/mol. The molecule has 0 fully saturated rings. The highest BCUT2D eigenvalue weighted by atomic mass is 35.5. The van der Waals surface area contributed by atoms with Crippen LogP contribution in [0.1, 0.15) is 15.9 Å². The Hall–Kier alpha value is -1.96. The van der Waals surface area contributed by atoms with Crippen molar-refractivity contribution in [3.05, 3.63) is 58.6 Å². The first kappa shape index (κ1) is 15.4. The van der Waals surface area contributed by atoms with Crippen LogP contribution in [-0.2, 0) is 0 Å². The molecule has 1 amide bonds. The van der Waals surface area contributed by atoms with Crippen molar-refractivity contribution in [3.8, 4) is 6.07 Å². The average molecular weight is 317 g/mol. The molecule has 0 spiro atoms. The molecule has 2 aromatic carbocycles. The van der Waals surface area contributed by atoms with Gasteiger partial charge in [0.15, 0.2) is 0 Å². The van der Waals surface area contributed by atoms with E-state index in [1.807, 2.05) is 31.2 Å². The number of amides is 1. The van der Waals surface area contributed by atoms with Crippen LogP contribution >= 0.6 is 23.4 Å². The summed E-state index contributed by atoms with van der Waals surface area (Å²) in [6, 6.07) is 14.7. The Morgan fingerprint density at radius 2 is 2.10 bits per heavy atom. The average Bonchev–Trinajstić information content (AvgIpc) is 2.49. The number of carbonyl (C=O) groups is 1. The number of nitriles is 1. The van der Waals surface area contributed by atoms with Crippen molar-refractivity contribution in [2.45, 2.75) is 11.8 Å². The van der Waals surface area contributed by atoms with Gasteiger partial charge in [0.2, 0.25) is 0 Å². The fourth-order valence-electron chi connectivity index (χ4n) is 1.76. The van der Waals surface area contributed by atoms with Gasteiger partial charge in [-0.25, -0.2) is 0 Å². The van der Waals surface area contributed by atoms with E-state index in [4.69, 9.17) is 16.9 Å². The summed E-state index contributed by atoms with van der Waals surface area (Å²) < 4.78 is 0. The molecular weight excluding hydrogens is 304 g/mol. The topological polar surface area (TPSA) is 52.9 Å². The quantitative estimate of drug-likeness (QED) is 0.844. The standard InChI is InChI=1S/C16H13ClN2OS/c1-11-6-7-12(10-14(11)17)19-16(20)13-4-2-3-5-15(13)21-9-8-18/h2-7,10H,9H2,1H3,(H,19,20). The number of halogens is 1. The van der Waals surface area contributed by atoms with Crippen molar-refractivity contribution in [1.82, 2.24) is 0 Å². The third kappa shape index (κ3) is 4.01. The van der Waals surface area contributed by atoms with Crippen molar-refractivity contribution in [3.63, 3.8) is 0 Å². The Labute approximate surface area is 132 Å². The largest absolute Gasteiger partial charge is 0.322 e.